The zero-order valence-electron chi connectivity index (χ0n) is 22.8. The number of ether oxygens (including phenoxy) is 2. The number of amides is 1. The third-order valence-electron chi connectivity index (χ3n) is 6.91. The molecule has 1 aromatic heterocycles. The Morgan fingerprint density at radius 1 is 0.953 bits per heavy atom. The van der Waals surface area contributed by atoms with Crippen LogP contribution in [0.5, 0.6) is 11.5 Å². The fourth-order valence-corrected chi connectivity index (χ4v) is 5.76. The maximum atomic E-state index is 13.2. The molecule has 1 aliphatic carbocycles. The first-order valence-electron chi connectivity index (χ1n) is 13.5. The summed E-state index contributed by atoms with van der Waals surface area (Å²) in [5.74, 6) is -1.34. The van der Waals surface area contributed by atoms with Crippen LogP contribution in [0.4, 0.5) is 24.5 Å². The van der Waals surface area contributed by atoms with Crippen molar-refractivity contribution in [3.8, 4) is 11.5 Å². The van der Waals surface area contributed by atoms with Gasteiger partial charge < -0.3 is 14.4 Å². The molecule has 0 unspecified atom stereocenters. The predicted molar refractivity (Wildman–Crippen MR) is 154 cm³/mol. The van der Waals surface area contributed by atoms with Gasteiger partial charge in [0.1, 0.15) is 5.82 Å². The number of carbonyl (C=O) groups excluding carboxylic acids is 1. The van der Waals surface area contributed by atoms with Gasteiger partial charge in [0.15, 0.2) is 11.5 Å². The Morgan fingerprint density at radius 2 is 1.65 bits per heavy atom. The summed E-state index contributed by atoms with van der Waals surface area (Å²) in [4.78, 5) is 18.6. The number of nitrogens with one attached hydrogen (secondary N) is 1. The van der Waals surface area contributed by atoms with Crippen LogP contribution in [0.1, 0.15) is 41.6 Å². The molecule has 1 fully saturated rings. The molecule has 0 bridgehead atoms. The van der Waals surface area contributed by atoms with Crippen LogP contribution in [0.15, 0.2) is 96.2 Å². The molecule has 1 N–H and O–H groups in total. The van der Waals surface area contributed by atoms with Crippen LogP contribution in [0, 0.1) is 5.82 Å². The average molecular weight is 612 g/mol. The lowest BCUT2D eigenvalue weighted by Crippen LogP contribution is -2.30. The minimum absolute atomic E-state index is 0.0682. The van der Waals surface area contributed by atoms with Crippen LogP contribution in [-0.2, 0) is 16.6 Å². The minimum Gasteiger partial charge on any atom is -0.486 e. The molecule has 1 heterocycles. The molecule has 0 atom stereocenters. The fraction of sp³-hybridized carbons (Fsp3) is 0.226. The first-order chi connectivity index (χ1) is 20.7. The van der Waals surface area contributed by atoms with Gasteiger partial charge in [0.25, 0.3) is 15.9 Å². The van der Waals surface area contributed by atoms with E-state index in [9.17, 15) is 26.4 Å². The summed E-state index contributed by atoms with van der Waals surface area (Å²) in [6, 6.07) is 18.7. The van der Waals surface area contributed by atoms with Crippen molar-refractivity contribution in [1.29, 1.82) is 0 Å². The van der Waals surface area contributed by atoms with Crippen LogP contribution in [0.25, 0.3) is 0 Å². The Labute approximate surface area is 247 Å². The van der Waals surface area contributed by atoms with E-state index in [1.165, 1.54) is 18.2 Å². The fourth-order valence-electron chi connectivity index (χ4n) is 4.79. The molecule has 8 nitrogen and oxygen atoms in total. The summed E-state index contributed by atoms with van der Waals surface area (Å²) in [5, 5.41) is 0. The van der Waals surface area contributed by atoms with Crippen molar-refractivity contribution in [2.24, 2.45) is 0 Å². The van der Waals surface area contributed by atoms with E-state index in [1.807, 2.05) is 15.7 Å². The van der Waals surface area contributed by atoms with Gasteiger partial charge in [0.2, 0.25) is 0 Å². The zero-order valence-corrected chi connectivity index (χ0v) is 23.6. The second kappa shape index (κ2) is 13.2. The number of alkyl halides is 2. The first kappa shape index (κ1) is 29.9. The topological polar surface area (TPSA) is 97.8 Å². The predicted octanol–water partition coefficient (Wildman–Crippen LogP) is 6.60. The third kappa shape index (κ3) is 7.63. The number of rotatable bonds is 11. The Morgan fingerprint density at radius 3 is 2.30 bits per heavy atom. The van der Waals surface area contributed by atoms with Crippen molar-refractivity contribution in [3.63, 3.8) is 0 Å². The van der Waals surface area contributed by atoms with Gasteiger partial charge in [0.05, 0.1) is 11.0 Å². The van der Waals surface area contributed by atoms with Crippen LogP contribution >= 0.6 is 0 Å². The van der Waals surface area contributed by atoms with Gasteiger partial charge in [-0.25, -0.2) is 17.5 Å². The van der Waals surface area contributed by atoms with Crippen LogP contribution in [0.3, 0.4) is 0 Å². The van der Waals surface area contributed by atoms with Crippen LogP contribution in [0.2, 0.25) is 0 Å². The largest absolute Gasteiger partial charge is 0.486 e. The number of benzene rings is 3. The minimum atomic E-state index is -4.22. The van der Waals surface area contributed by atoms with E-state index in [4.69, 9.17) is 9.47 Å². The average Bonchev–Trinajstić information content (AvgIpc) is 3.50. The highest BCUT2D eigenvalue weighted by molar-refractivity contribution is 7.90. The Hall–Kier alpha value is -4.58. The summed E-state index contributed by atoms with van der Waals surface area (Å²) in [6.07, 6.45) is 6.85. The Balaban J connectivity index is 1.43. The summed E-state index contributed by atoms with van der Waals surface area (Å²) in [6.45, 7) is -2.69. The summed E-state index contributed by atoms with van der Waals surface area (Å²) < 4.78 is 77.6. The van der Waals surface area contributed by atoms with Gasteiger partial charge in [-0.05, 0) is 98.0 Å². The first-order valence-corrected chi connectivity index (χ1v) is 15.0. The van der Waals surface area contributed by atoms with Crippen molar-refractivity contribution in [2.75, 3.05) is 4.90 Å². The second-order valence-corrected chi connectivity index (χ2v) is 11.6. The van der Waals surface area contributed by atoms with Gasteiger partial charge in [0, 0.05) is 41.9 Å². The van der Waals surface area contributed by atoms with Crippen molar-refractivity contribution in [2.45, 2.75) is 49.8 Å². The molecule has 0 aliphatic heterocycles. The van der Waals surface area contributed by atoms with Gasteiger partial charge in [-0.2, -0.15) is 8.78 Å². The molecule has 1 saturated carbocycles. The normalized spacial score (nSPS) is 13.6. The molecule has 43 heavy (non-hydrogen) atoms. The van der Waals surface area contributed by atoms with E-state index >= 15 is 0 Å². The van der Waals surface area contributed by atoms with Gasteiger partial charge in [-0.3, -0.25) is 9.78 Å². The summed E-state index contributed by atoms with van der Waals surface area (Å²) >= 11 is 0. The Kier molecular flexibility index (Phi) is 9.15. The van der Waals surface area contributed by atoms with Crippen molar-refractivity contribution in [1.82, 2.24) is 9.71 Å². The van der Waals surface area contributed by atoms with E-state index < -0.39 is 28.4 Å². The van der Waals surface area contributed by atoms with Gasteiger partial charge in [-0.15, -0.1) is 0 Å². The summed E-state index contributed by atoms with van der Waals surface area (Å²) in [5.41, 5.74) is 2.15. The van der Waals surface area contributed by atoms with E-state index in [-0.39, 0.29) is 28.1 Å². The van der Waals surface area contributed by atoms with Crippen LogP contribution in [-0.4, -0.2) is 32.0 Å². The molecule has 1 aliphatic rings. The number of hydrogen-bond donors (Lipinski definition) is 1. The van der Waals surface area contributed by atoms with E-state index in [1.54, 1.807) is 42.7 Å². The maximum Gasteiger partial charge on any atom is 0.387 e. The number of hydrogen-bond acceptors (Lipinski definition) is 7. The molecule has 3 aromatic carbocycles. The van der Waals surface area contributed by atoms with Crippen LogP contribution < -0.4 is 19.1 Å². The van der Waals surface area contributed by atoms with E-state index in [2.05, 4.69) is 4.98 Å². The summed E-state index contributed by atoms with van der Waals surface area (Å²) in [7, 11) is -4.22. The van der Waals surface area contributed by atoms with Crippen molar-refractivity contribution >= 4 is 27.3 Å². The molecule has 0 spiro atoms. The number of sulfonamides is 1. The molecular weight excluding hydrogens is 583 g/mol. The monoisotopic (exact) mass is 611 g/mol. The van der Waals surface area contributed by atoms with Gasteiger partial charge >= 0.3 is 6.61 Å². The third-order valence-corrected chi connectivity index (χ3v) is 8.25. The lowest BCUT2D eigenvalue weighted by molar-refractivity contribution is -0.0520. The van der Waals surface area contributed by atoms with Gasteiger partial charge in [-0.1, -0.05) is 6.07 Å². The number of halogens is 3. The number of anilines is 2. The molecule has 224 valence electrons. The second-order valence-electron chi connectivity index (χ2n) is 9.92. The molecule has 4 aromatic rings. The number of pyridine rings is 1. The molecule has 1 amide bonds. The number of carbonyl (C=O) groups is 1. The molecule has 0 saturated heterocycles. The number of nitrogens with zero attached hydrogens (tertiary/aromatic N) is 2. The van der Waals surface area contributed by atoms with E-state index in [0.717, 1.165) is 55.5 Å². The van der Waals surface area contributed by atoms with Crippen molar-refractivity contribution < 1.29 is 35.9 Å². The lowest BCUT2D eigenvalue weighted by Gasteiger charge is -2.27. The maximum absolute atomic E-state index is 13.2. The van der Waals surface area contributed by atoms with E-state index in [0.29, 0.717) is 17.9 Å². The number of aromatic nitrogens is 1. The highest BCUT2D eigenvalue weighted by Crippen LogP contribution is 2.38. The Bertz CT molecular complexity index is 1650. The van der Waals surface area contributed by atoms with Crippen molar-refractivity contribution in [3.05, 3.63) is 108 Å². The molecule has 5 rings (SSSR count). The lowest BCUT2D eigenvalue weighted by atomic mass is 10.1. The molecule has 12 heteroatoms. The smallest absolute Gasteiger partial charge is 0.387 e. The molecule has 0 radical (unpaired) electrons. The standard InChI is InChI=1S/C31H28F3N3O5S/c32-23-9-14-27(15-10-23)43(39,40)36-30(38)22-7-11-24(12-8-22)37(20-21-4-3-17-35-19-21)25-13-16-28(42-31(33)34)29(18-25)41-26-5-1-2-6-26/h3-4,7-19,26,31H,1-2,5-6,20H2,(H,36,38). The molecular formula is C31H28F3N3O5S. The SMILES string of the molecule is O=C(NS(=O)(=O)c1ccc(F)cc1)c1ccc(N(Cc2cccnc2)c2ccc(OC(F)F)c(OC3CCCC3)c2)cc1. The zero-order chi connectivity index (χ0) is 30.4. The highest BCUT2D eigenvalue weighted by atomic mass is 32.2. The quantitative estimate of drug-likeness (QED) is 0.204. The highest BCUT2D eigenvalue weighted by Gasteiger charge is 2.23.